The van der Waals surface area contributed by atoms with Gasteiger partial charge in [-0.2, -0.15) is 0 Å². The molecular weight excluding hydrogens is 404 g/mol. The van der Waals surface area contributed by atoms with Crippen LogP contribution < -0.4 is 5.32 Å². The Bertz CT molecular complexity index is 952. The van der Waals surface area contributed by atoms with E-state index >= 15 is 0 Å². The van der Waals surface area contributed by atoms with Gasteiger partial charge in [0.05, 0.1) is 12.6 Å². The summed E-state index contributed by atoms with van der Waals surface area (Å²) in [6.07, 6.45) is 7.55. The molecule has 1 aromatic carbocycles. The number of hydrogen-bond donors (Lipinski definition) is 1. The summed E-state index contributed by atoms with van der Waals surface area (Å²) in [6, 6.07) is 6.87. The number of thiocarbonyl (C=S) groups is 1. The number of amidine groups is 1. The van der Waals surface area contributed by atoms with Crippen molar-refractivity contribution in [2.24, 2.45) is 10.4 Å². The van der Waals surface area contributed by atoms with Crippen LogP contribution in [0.15, 0.2) is 23.2 Å². The number of ether oxygens (including phenoxy) is 1. The van der Waals surface area contributed by atoms with Crippen molar-refractivity contribution in [2.75, 3.05) is 20.2 Å². The van der Waals surface area contributed by atoms with Crippen molar-refractivity contribution >= 4 is 23.2 Å². The van der Waals surface area contributed by atoms with Gasteiger partial charge in [-0.3, -0.25) is 9.89 Å². The molecule has 1 unspecified atom stereocenters. The summed E-state index contributed by atoms with van der Waals surface area (Å²) in [6.45, 7) is -0.840. The van der Waals surface area contributed by atoms with Crippen molar-refractivity contribution in [3.05, 3.63) is 34.9 Å². The van der Waals surface area contributed by atoms with E-state index in [4.69, 9.17) is 17.0 Å². The minimum atomic E-state index is -2.85. The lowest BCUT2D eigenvalue weighted by atomic mass is 9.61. The number of fused-ring (bicyclic) bond motifs is 5. The van der Waals surface area contributed by atoms with Gasteiger partial charge in [-0.15, -0.1) is 0 Å². The molecule has 7 heteroatoms. The van der Waals surface area contributed by atoms with Crippen molar-refractivity contribution in [3.8, 4) is 0 Å². The first kappa shape index (κ1) is 19.1. The Morgan fingerprint density at radius 2 is 1.97 bits per heavy atom. The lowest BCUT2D eigenvalue weighted by Crippen LogP contribution is -2.58. The molecule has 1 N–H and O–H groups in total. The number of alkyl halides is 2. The number of rotatable bonds is 2. The molecule has 1 aromatic rings. The fourth-order valence-electron chi connectivity index (χ4n) is 6.44. The first-order chi connectivity index (χ1) is 14.4. The molecule has 2 heterocycles. The largest absolute Gasteiger partial charge is 0.381 e. The second-order valence-corrected chi connectivity index (χ2v) is 10.2. The van der Waals surface area contributed by atoms with Crippen LogP contribution in [0, 0.1) is 5.41 Å². The Labute approximate surface area is 181 Å². The van der Waals surface area contributed by atoms with Gasteiger partial charge in [-0.25, -0.2) is 8.78 Å². The third kappa shape index (κ3) is 2.51. The molecule has 0 radical (unpaired) electrons. The number of halogens is 2. The van der Waals surface area contributed by atoms with E-state index in [1.807, 2.05) is 0 Å². The lowest BCUT2D eigenvalue weighted by Gasteiger charge is -2.48. The summed E-state index contributed by atoms with van der Waals surface area (Å²) in [7, 11) is 1.78. The van der Waals surface area contributed by atoms with Crippen LogP contribution in [-0.2, 0) is 16.7 Å². The van der Waals surface area contributed by atoms with Crippen LogP contribution >= 0.6 is 12.2 Å². The smallest absolute Gasteiger partial charge is 0.284 e. The molecule has 3 fully saturated rings. The van der Waals surface area contributed by atoms with Gasteiger partial charge in [0.2, 0.25) is 0 Å². The average molecular weight is 432 g/mol. The summed E-state index contributed by atoms with van der Waals surface area (Å²) in [5.74, 6) is -1.49. The molecule has 1 atom stereocenters. The summed E-state index contributed by atoms with van der Waals surface area (Å²) in [5.41, 5.74) is 3.18. The minimum absolute atomic E-state index is 0.114. The van der Waals surface area contributed by atoms with E-state index < -0.39 is 18.0 Å². The summed E-state index contributed by atoms with van der Waals surface area (Å²) < 4.78 is 34.1. The van der Waals surface area contributed by atoms with Crippen LogP contribution in [0.4, 0.5) is 8.78 Å². The molecule has 1 saturated heterocycles. The van der Waals surface area contributed by atoms with Crippen LogP contribution in [0.3, 0.4) is 0 Å². The van der Waals surface area contributed by atoms with Gasteiger partial charge in [-0.1, -0.05) is 18.2 Å². The van der Waals surface area contributed by atoms with Crippen LogP contribution in [0.25, 0.3) is 0 Å². The number of benzene rings is 1. The molecule has 2 aliphatic heterocycles. The molecule has 0 bridgehead atoms. The molecule has 0 amide bonds. The van der Waals surface area contributed by atoms with Gasteiger partial charge in [-0.05, 0) is 79.8 Å². The van der Waals surface area contributed by atoms with Crippen molar-refractivity contribution in [2.45, 2.75) is 68.4 Å². The third-order valence-corrected chi connectivity index (χ3v) is 8.44. The Morgan fingerprint density at radius 1 is 1.20 bits per heavy atom. The quantitative estimate of drug-likeness (QED) is 0.715. The molecule has 3 aliphatic carbocycles. The van der Waals surface area contributed by atoms with E-state index in [1.165, 1.54) is 29.5 Å². The van der Waals surface area contributed by atoms with Gasteiger partial charge >= 0.3 is 0 Å². The van der Waals surface area contributed by atoms with E-state index in [1.54, 1.807) is 12.0 Å². The number of aliphatic imine (C=N–C) groups is 1. The Balaban J connectivity index is 1.53. The maximum absolute atomic E-state index is 14.2. The monoisotopic (exact) mass is 431 g/mol. The van der Waals surface area contributed by atoms with Gasteiger partial charge in [0.25, 0.3) is 5.92 Å². The zero-order valence-electron chi connectivity index (χ0n) is 17.2. The molecule has 5 aliphatic rings. The number of nitrogens with one attached hydrogen (secondary N) is 1. The van der Waals surface area contributed by atoms with Gasteiger partial charge in [0, 0.05) is 12.5 Å². The zero-order valence-corrected chi connectivity index (χ0v) is 18.0. The molecule has 0 aromatic heterocycles. The Morgan fingerprint density at radius 3 is 2.67 bits per heavy atom. The van der Waals surface area contributed by atoms with Crippen molar-refractivity contribution in [1.29, 1.82) is 0 Å². The normalized spacial score (nSPS) is 36.6. The van der Waals surface area contributed by atoms with Crippen molar-refractivity contribution < 1.29 is 13.5 Å². The highest BCUT2D eigenvalue weighted by atomic mass is 32.1. The molecule has 30 heavy (non-hydrogen) atoms. The Hall–Kier alpha value is -1.60. The highest BCUT2D eigenvalue weighted by molar-refractivity contribution is 7.80. The van der Waals surface area contributed by atoms with Crippen molar-refractivity contribution in [1.82, 2.24) is 10.2 Å². The maximum atomic E-state index is 14.2. The average Bonchev–Trinajstić information content (AvgIpc) is 3.49. The van der Waals surface area contributed by atoms with Crippen LogP contribution in [-0.4, -0.2) is 48.1 Å². The second kappa shape index (κ2) is 6.22. The molecular formula is C23H27F2N3OS. The van der Waals surface area contributed by atoms with Gasteiger partial charge < -0.3 is 10.1 Å². The number of methoxy groups -OCH3 is 1. The van der Waals surface area contributed by atoms with E-state index in [9.17, 15) is 8.78 Å². The summed E-state index contributed by atoms with van der Waals surface area (Å²) >= 11 is 5.63. The fraction of sp³-hybridized carbons (Fsp3) is 0.652. The van der Waals surface area contributed by atoms with E-state index in [0.717, 1.165) is 37.9 Å². The summed E-state index contributed by atoms with van der Waals surface area (Å²) in [5, 5.41) is 3.99. The maximum Gasteiger partial charge on any atom is 0.284 e. The topological polar surface area (TPSA) is 36.9 Å². The number of hydrogen-bond acceptors (Lipinski definition) is 3. The van der Waals surface area contributed by atoms with E-state index in [2.05, 4.69) is 28.5 Å². The van der Waals surface area contributed by atoms with Crippen LogP contribution in [0.5, 0.6) is 0 Å². The zero-order chi connectivity index (χ0) is 20.7. The molecule has 2 saturated carbocycles. The highest BCUT2D eigenvalue weighted by Crippen LogP contribution is 2.61. The molecule has 160 valence electrons. The van der Waals surface area contributed by atoms with Crippen LogP contribution in [0.2, 0.25) is 0 Å². The number of nitrogens with zero attached hydrogens (tertiary/aromatic N) is 2. The van der Waals surface area contributed by atoms with E-state index in [0.29, 0.717) is 11.0 Å². The van der Waals surface area contributed by atoms with Gasteiger partial charge in [0.15, 0.2) is 5.11 Å². The first-order valence-electron chi connectivity index (χ1n) is 11.1. The standard InChI is InChI=1S/C23H27F2N3OS/c1-29-17-6-8-21(9-7-17)11-16-5-4-15(14-2-3-14)10-18(16)23(21)19-26-12-22(24,25)13-28(19)20(30)27-23/h4-5,10,14,17H,2-3,6-9,11-13H2,1H3,(H,27,30). The summed E-state index contributed by atoms with van der Waals surface area (Å²) in [4.78, 5) is 6.10. The Kier molecular flexibility index (Phi) is 3.96. The fourth-order valence-corrected chi connectivity index (χ4v) is 6.75. The third-order valence-electron chi connectivity index (χ3n) is 8.11. The predicted molar refractivity (Wildman–Crippen MR) is 115 cm³/mol. The van der Waals surface area contributed by atoms with Crippen molar-refractivity contribution in [3.63, 3.8) is 0 Å². The lowest BCUT2D eigenvalue weighted by molar-refractivity contribution is -0.00836. The predicted octanol–water partition coefficient (Wildman–Crippen LogP) is 4.13. The second-order valence-electron chi connectivity index (χ2n) is 9.85. The highest BCUT2D eigenvalue weighted by Gasteiger charge is 2.67. The molecule has 2 spiro atoms. The molecule has 4 nitrogen and oxygen atoms in total. The van der Waals surface area contributed by atoms with Crippen LogP contribution in [0.1, 0.15) is 61.1 Å². The SMILES string of the molecule is COC1CCC2(CC1)Cc1ccc(C3CC3)cc1C21NC(=S)N2CC(F)(F)CN=C21. The minimum Gasteiger partial charge on any atom is -0.381 e. The van der Waals surface area contributed by atoms with Gasteiger partial charge in [0.1, 0.15) is 17.9 Å². The first-order valence-corrected chi connectivity index (χ1v) is 11.5. The molecule has 6 rings (SSSR count). The van der Waals surface area contributed by atoms with E-state index in [-0.39, 0.29) is 18.1 Å².